The van der Waals surface area contributed by atoms with E-state index in [4.69, 9.17) is 37.9 Å². The molecule has 3 saturated heterocycles. The van der Waals surface area contributed by atoms with Gasteiger partial charge in [0.15, 0.2) is 37.2 Å². The summed E-state index contributed by atoms with van der Waals surface area (Å²) in [5.41, 5.74) is 0. The van der Waals surface area contributed by atoms with Crippen LogP contribution >= 0.6 is 0 Å². The first kappa shape index (κ1) is 30.6. The van der Waals surface area contributed by atoms with E-state index in [2.05, 4.69) is 0 Å². The van der Waals surface area contributed by atoms with E-state index in [0.717, 1.165) is 20.8 Å². The van der Waals surface area contributed by atoms with Gasteiger partial charge in [0.1, 0.15) is 36.6 Å². The number of carbonyl (C=O) groups excluding carboxylic acids is 3. The maximum Gasteiger partial charge on any atom is 0.303 e. The Hall–Kier alpha value is -1.99. The van der Waals surface area contributed by atoms with Crippen LogP contribution < -0.4 is 0 Å². The van der Waals surface area contributed by atoms with Crippen molar-refractivity contribution in [2.24, 2.45) is 0 Å². The Balaban J connectivity index is 1.88. The number of carbonyl (C=O) groups is 3. The summed E-state index contributed by atoms with van der Waals surface area (Å²) in [5, 5.41) is 51.0. The van der Waals surface area contributed by atoms with Crippen LogP contribution in [0, 0.1) is 0 Å². The zero-order chi connectivity index (χ0) is 28.3. The van der Waals surface area contributed by atoms with Gasteiger partial charge in [0.2, 0.25) is 0 Å². The van der Waals surface area contributed by atoms with Crippen molar-refractivity contribution in [3.63, 3.8) is 0 Å². The Morgan fingerprint density at radius 2 is 1.16 bits per heavy atom. The average molecular weight is 554 g/mol. The van der Waals surface area contributed by atoms with Gasteiger partial charge in [0.05, 0.1) is 19.3 Å². The summed E-state index contributed by atoms with van der Waals surface area (Å²) in [7, 11) is 0. The molecule has 0 radical (unpaired) electrons. The highest BCUT2D eigenvalue weighted by atomic mass is 16.8. The van der Waals surface area contributed by atoms with Crippen LogP contribution in [0.5, 0.6) is 0 Å². The topological polar surface area (TPSA) is 226 Å². The lowest BCUT2D eigenvalue weighted by Crippen LogP contribution is -2.65. The number of esters is 3. The normalized spacial score (nSPS) is 43.7. The van der Waals surface area contributed by atoms with Gasteiger partial charge in [-0.25, -0.2) is 0 Å². The van der Waals surface area contributed by atoms with Crippen molar-refractivity contribution in [3.8, 4) is 0 Å². The molecule has 0 spiro atoms. The van der Waals surface area contributed by atoms with E-state index >= 15 is 0 Å². The van der Waals surface area contributed by atoms with E-state index in [9.17, 15) is 39.9 Å². The number of aliphatic hydroxyl groups is 5. The highest BCUT2D eigenvalue weighted by molar-refractivity contribution is 5.68. The SMILES string of the molecule is CC(=O)O[C@@H]1[C@@H](OC(C)=O)[C@H](C)O[C@@H](O[C@@H]2[C@@H](O[C@@H]3OC[C@@H](O)[C@H](O)[C@H]3O)[C@@H](O)CO[C@H]2O)[C@@H]1OC(C)=O. The molecule has 38 heavy (non-hydrogen) atoms. The van der Waals surface area contributed by atoms with Crippen LogP contribution in [-0.4, -0.2) is 137 Å². The second kappa shape index (κ2) is 12.9. The summed E-state index contributed by atoms with van der Waals surface area (Å²) in [6.45, 7) is 3.94. The molecule has 3 aliphatic heterocycles. The molecule has 0 bridgehead atoms. The maximum absolute atomic E-state index is 11.9. The highest BCUT2D eigenvalue weighted by Gasteiger charge is 2.54. The molecule has 3 aliphatic rings. The van der Waals surface area contributed by atoms with Gasteiger partial charge < -0.3 is 63.4 Å². The van der Waals surface area contributed by atoms with Gasteiger partial charge in [-0.3, -0.25) is 14.4 Å². The van der Waals surface area contributed by atoms with E-state index < -0.39 is 111 Å². The minimum atomic E-state index is -1.74. The minimum Gasteiger partial charge on any atom is -0.456 e. The molecule has 16 heteroatoms. The Morgan fingerprint density at radius 3 is 1.76 bits per heavy atom. The van der Waals surface area contributed by atoms with Crippen LogP contribution in [0.2, 0.25) is 0 Å². The predicted octanol–water partition coefficient (Wildman–Crippen LogP) is -3.55. The highest BCUT2D eigenvalue weighted by Crippen LogP contribution is 2.33. The van der Waals surface area contributed by atoms with Crippen LogP contribution in [0.1, 0.15) is 27.7 Å². The van der Waals surface area contributed by atoms with E-state index in [0.29, 0.717) is 0 Å². The standard InChI is InChI=1S/C22H34O16/c1-7-15(34-8(2)23)17(35-9(3)24)19(36-10(4)25)22(33-7)38-18-16(12(27)6-31-20(18)30)37-21-14(29)13(28)11(26)5-32-21/h7,11-22,26-30H,5-6H2,1-4H3/t7-,11+,12-,13-,14+,15-,16-,17+,18+,19+,20+,21-,22-/m0/s1. The van der Waals surface area contributed by atoms with Crippen LogP contribution in [0.15, 0.2) is 0 Å². The van der Waals surface area contributed by atoms with Crippen molar-refractivity contribution in [2.45, 2.75) is 108 Å². The van der Waals surface area contributed by atoms with Crippen molar-refractivity contribution in [3.05, 3.63) is 0 Å². The summed E-state index contributed by atoms with van der Waals surface area (Å²) in [6.07, 6.45) is -19.1. The molecule has 0 saturated carbocycles. The van der Waals surface area contributed by atoms with Crippen molar-refractivity contribution >= 4 is 17.9 Å². The fourth-order valence-electron chi connectivity index (χ4n) is 4.37. The van der Waals surface area contributed by atoms with Crippen LogP contribution in [0.3, 0.4) is 0 Å². The minimum absolute atomic E-state index is 0.393. The number of hydrogen-bond acceptors (Lipinski definition) is 16. The second-order valence-corrected chi connectivity index (χ2v) is 9.17. The van der Waals surface area contributed by atoms with Gasteiger partial charge in [-0.15, -0.1) is 0 Å². The molecule has 218 valence electrons. The summed E-state index contributed by atoms with van der Waals surface area (Å²) in [4.78, 5) is 35.5. The lowest BCUT2D eigenvalue weighted by molar-refractivity contribution is -0.371. The largest absolute Gasteiger partial charge is 0.456 e. The molecule has 0 aromatic carbocycles. The number of aliphatic hydroxyl groups excluding tert-OH is 5. The third-order valence-corrected chi connectivity index (χ3v) is 6.09. The van der Waals surface area contributed by atoms with Crippen LogP contribution in [0.4, 0.5) is 0 Å². The molecule has 16 nitrogen and oxygen atoms in total. The Kier molecular flexibility index (Phi) is 10.4. The lowest BCUT2D eigenvalue weighted by atomic mass is 9.98. The summed E-state index contributed by atoms with van der Waals surface area (Å²) in [5.74, 6) is -2.35. The molecule has 0 unspecified atom stereocenters. The molecule has 0 aliphatic carbocycles. The number of hydrogen-bond donors (Lipinski definition) is 5. The smallest absolute Gasteiger partial charge is 0.303 e. The first-order chi connectivity index (χ1) is 17.8. The van der Waals surface area contributed by atoms with Crippen LogP contribution in [-0.2, 0) is 52.3 Å². The zero-order valence-electron chi connectivity index (χ0n) is 21.1. The number of ether oxygens (including phenoxy) is 8. The fourth-order valence-corrected chi connectivity index (χ4v) is 4.37. The average Bonchev–Trinajstić information content (AvgIpc) is 2.82. The molecule has 0 aromatic heterocycles. The van der Waals surface area contributed by atoms with Gasteiger partial charge in [0, 0.05) is 20.8 Å². The van der Waals surface area contributed by atoms with Crippen molar-refractivity contribution in [2.75, 3.05) is 13.2 Å². The molecular weight excluding hydrogens is 520 g/mol. The lowest BCUT2D eigenvalue weighted by Gasteiger charge is -2.47. The first-order valence-corrected chi connectivity index (χ1v) is 11.9. The summed E-state index contributed by atoms with van der Waals surface area (Å²) < 4.78 is 43.5. The van der Waals surface area contributed by atoms with Crippen molar-refractivity contribution < 1.29 is 77.8 Å². The van der Waals surface area contributed by atoms with Gasteiger partial charge in [0.25, 0.3) is 0 Å². The van der Waals surface area contributed by atoms with Crippen LogP contribution in [0.25, 0.3) is 0 Å². The summed E-state index contributed by atoms with van der Waals surface area (Å²) in [6, 6.07) is 0. The molecule has 3 rings (SSSR count). The van der Waals surface area contributed by atoms with Gasteiger partial charge in [-0.2, -0.15) is 0 Å². The van der Waals surface area contributed by atoms with Gasteiger partial charge in [-0.1, -0.05) is 0 Å². The third-order valence-electron chi connectivity index (χ3n) is 6.09. The Bertz CT molecular complexity index is 838. The Labute approximate surface area is 217 Å². The molecule has 5 N–H and O–H groups in total. The monoisotopic (exact) mass is 554 g/mol. The Morgan fingerprint density at radius 1 is 0.632 bits per heavy atom. The quantitative estimate of drug-likeness (QED) is 0.152. The zero-order valence-corrected chi connectivity index (χ0v) is 21.1. The fraction of sp³-hybridized carbons (Fsp3) is 0.864. The third kappa shape index (κ3) is 7.15. The van der Waals surface area contributed by atoms with Gasteiger partial charge >= 0.3 is 17.9 Å². The summed E-state index contributed by atoms with van der Waals surface area (Å²) >= 11 is 0. The number of rotatable bonds is 7. The molecule has 0 amide bonds. The molecule has 0 aromatic rings. The molecule has 3 heterocycles. The first-order valence-electron chi connectivity index (χ1n) is 11.9. The van der Waals surface area contributed by atoms with Crippen molar-refractivity contribution in [1.82, 2.24) is 0 Å². The van der Waals surface area contributed by atoms with Gasteiger partial charge in [-0.05, 0) is 6.92 Å². The van der Waals surface area contributed by atoms with E-state index in [1.54, 1.807) is 0 Å². The molecule has 13 atom stereocenters. The molecule has 3 fully saturated rings. The van der Waals surface area contributed by atoms with Crippen molar-refractivity contribution in [1.29, 1.82) is 0 Å². The van der Waals surface area contributed by atoms with E-state index in [1.165, 1.54) is 6.92 Å². The molecular formula is C22H34O16. The van der Waals surface area contributed by atoms with E-state index in [-0.39, 0.29) is 0 Å². The predicted molar refractivity (Wildman–Crippen MR) is 116 cm³/mol. The van der Waals surface area contributed by atoms with E-state index in [1.807, 2.05) is 0 Å². The maximum atomic E-state index is 11.9. The second-order valence-electron chi connectivity index (χ2n) is 9.17.